The maximum atomic E-state index is 14.2. The van der Waals surface area contributed by atoms with Crippen molar-refractivity contribution in [2.24, 2.45) is 11.8 Å². The van der Waals surface area contributed by atoms with Crippen molar-refractivity contribution in [3.63, 3.8) is 0 Å². The molecule has 4 saturated heterocycles. The van der Waals surface area contributed by atoms with Crippen molar-refractivity contribution in [1.29, 1.82) is 0 Å². The molecule has 0 aromatic heterocycles. The average molecular weight is 1260 g/mol. The van der Waals surface area contributed by atoms with Crippen LogP contribution in [0.15, 0.2) is 110 Å². The van der Waals surface area contributed by atoms with Gasteiger partial charge in [-0.25, -0.2) is 27.2 Å². The summed E-state index contributed by atoms with van der Waals surface area (Å²) in [5.74, 6) is -7.59. The molecule has 4 N–H and O–H groups in total. The Hall–Kier alpha value is -8.38. The molecule has 90 heavy (non-hydrogen) atoms. The molecule has 0 spiro atoms. The third-order valence-electron chi connectivity index (χ3n) is 15.6. The SMILES string of the molecule is C=CCN1CC(C(=O)NC(Cc2cc(F)cc(F)c2)[C@H](O)[C@H]2C(=O)N(Cc3ccccc3)CCN2C(=O)OC(C)(C)C)CC1=O.CCCN1CC(C(=O)NC(Cc2cc(F)cc(F)c2)[C@H](O)[C@H]2C(=O)N(Cc3ccccc3)CCN2C(=O)OC(C)(C)C)CC1=O. The predicted octanol–water partition coefficient (Wildman–Crippen LogP) is 6.30. The van der Waals surface area contributed by atoms with Crippen LogP contribution in [0.5, 0.6) is 0 Å². The maximum Gasteiger partial charge on any atom is 0.411 e. The number of carbonyl (C=O) groups excluding carboxylic acids is 8. The highest BCUT2D eigenvalue weighted by Gasteiger charge is 2.49. The highest BCUT2D eigenvalue weighted by Crippen LogP contribution is 2.28. The lowest BCUT2D eigenvalue weighted by atomic mass is 9.92. The third-order valence-corrected chi connectivity index (χ3v) is 15.6. The van der Waals surface area contributed by atoms with Gasteiger partial charge < -0.3 is 49.9 Å². The molecule has 24 heteroatoms. The van der Waals surface area contributed by atoms with Gasteiger partial charge in [-0.05, 0) is 107 Å². The number of hydrogen-bond acceptors (Lipinski definition) is 12. The van der Waals surface area contributed by atoms with E-state index in [4.69, 9.17) is 9.47 Å². The highest BCUT2D eigenvalue weighted by atomic mass is 19.1. The fourth-order valence-corrected chi connectivity index (χ4v) is 11.5. The lowest BCUT2D eigenvalue weighted by Gasteiger charge is -2.44. The molecule has 8 atom stereocenters. The molecule has 8 amide bonds. The molecule has 8 rings (SSSR count). The monoisotopic (exact) mass is 1250 g/mol. The lowest BCUT2D eigenvalue weighted by Crippen LogP contribution is -2.66. The Morgan fingerprint density at radius 3 is 1.29 bits per heavy atom. The van der Waals surface area contributed by atoms with Crippen molar-refractivity contribution in [1.82, 2.24) is 40.0 Å². The van der Waals surface area contributed by atoms with E-state index in [0.29, 0.717) is 18.7 Å². The van der Waals surface area contributed by atoms with Gasteiger partial charge in [0.05, 0.1) is 23.9 Å². The first-order valence-corrected chi connectivity index (χ1v) is 30.2. The topological polar surface area (TPSA) is 239 Å². The number of aliphatic hydroxyl groups excluding tert-OH is 2. The minimum Gasteiger partial charge on any atom is -0.444 e. The largest absolute Gasteiger partial charge is 0.444 e. The number of nitrogens with one attached hydrogen (secondary N) is 2. The molecule has 20 nitrogen and oxygen atoms in total. The van der Waals surface area contributed by atoms with E-state index in [-0.39, 0.29) is 108 Å². The first-order chi connectivity index (χ1) is 42.5. The Labute approximate surface area is 522 Å². The number of likely N-dealkylation sites (tertiary alicyclic amines) is 2. The van der Waals surface area contributed by atoms with Crippen molar-refractivity contribution >= 4 is 47.6 Å². The van der Waals surface area contributed by atoms with E-state index in [1.54, 1.807) is 52.5 Å². The summed E-state index contributed by atoms with van der Waals surface area (Å²) in [4.78, 5) is 115. The fourth-order valence-electron chi connectivity index (χ4n) is 11.5. The van der Waals surface area contributed by atoms with E-state index in [1.165, 1.54) is 14.7 Å². The molecule has 4 unspecified atom stereocenters. The van der Waals surface area contributed by atoms with Crippen LogP contribution in [0.4, 0.5) is 27.2 Å². The second-order valence-corrected chi connectivity index (χ2v) is 25.1. The summed E-state index contributed by atoms with van der Waals surface area (Å²) in [6.07, 6.45) is -3.45. The minimum absolute atomic E-state index is 0.0259. The quantitative estimate of drug-likeness (QED) is 0.0564. The molecular formula is C66H82F4N8O12. The smallest absolute Gasteiger partial charge is 0.411 e. The maximum absolute atomic E-state index is 14.2. The normalized spacial score (nSPS) is 20.2. The van der Waals surface area contributed by atoms with Gasteiger partial charge in [-0.2, -0.15) is 0 Å². The molecule has 0 bridgehead atoms. The first kappa shape index (κ1) is 69.1. The van der Waals surface area contributed by atoms with Crippen LogP contribution in [0, 0.1) is 35.1 Å². The van der Waals surface area contributed by atoms with Gasteiger partial charge in [0.25, 0.3) is 0 Å². The highest BCUT2D eigenvalue weighted by molar-refractivity contribution is 5.92. The van der Waals surface area contributed by atoms with Crippen LogP contribution in [0.1, 0.15) is 90.0 Å². The van der Waals surface area contributed by atoms with Crippen molar-refractivity contribution < 1.29 is 75.6 Å². The van der Waals surface area contributed by atoms with Gasteiger partial charge >= 0.3 is 12.2 Å². The zero-order valence-corrected chi connectivity index (χ0v) is 51.9. The summed E-state index contributed by atoms with van der Waals surface area (Å²) in [5.41, 5.74) is 0.104. The second-order valence-electron chi connectivity index (χ2n) is 25.1. The van der Waals surface area contributed by atoms with E-state index >= 15 is 0 Å². The summed E-state index contributed by atoms with van der Waals surface area (Å²) in [7, 11) is 0. The van der Waals surface area contributed by atoms with Gasteiger partial charge in [-0.1, -0.05) is 73.7 Å². The Bertz CT molecular complexity index is 3180. The van der Waals surface area contributed by atoms with Crippen LogP contribution in [0.2, 0.25) is 0 Å². The Kier molecular flexibility index (Phi) is 23.4. The number of rotatable bonds is 20. The van der Waals surface area contributed by atoms with E-state index in [1.807, 2.05) is 67.6 Å². The number of nitrogens with zero attached hydrogens (tertiary/aromatic N) is 6. The van der Waals surface area contributed by atoms with Gasteiger partial charge in [-0.3, -0.25) is 38.6 Å². The molecule has 4 fully saturated rings. The summed E-state index contributed by atoms with van der Waals surface area (Å²) >= 11 is 0. The number of halogens is 4. The van der Waals surface area contributed by atoms with Gasteiger partial charge in [0.1, 0.15) is 58.8 Å². The van der Waals surface area contributed by atoms with Crippen LogP contribution in [-0.2, 0) is 64.2 Å². The van der Waals surface area contributed by atoms with Gasteiger partial charge in [0.15, 0.2) is 0 Å². The fraction of sp³-hybridized carbons (Fsp3) is 0.485. The van der Waals surface area contributed by atoms with Crippen LogP contribution < -0.4 is 10.6 Å². The molecule has 0 saturated carbocycles. The number of piperazine rings is 2. The molecule has 486 valence electrons. The van der Waals surface area contributed by atoms with Crippen molar-refractivity contribution in [2.75, 3.05) is 52.4 Å². The number of amides is 8. The van der Waals surface area contributed by atoms with E-state index in [0.717, 1.165) is 51.6 Å². The molecule has 4 aromatic carbocycles. The van der Waals surface area contributed by atoms with Crippen molar-refractivity contribution in [3.8, 4) is 0 Å². The Balaban J connectivity index is 0.000000256. The number of hydrogen-bond donors (Lipinski definition) is 4. The number of ether oxygens (including phenoxy) is 2. The van der Waals surface area contributed by atoms with Gasteiger partial charge in [0.2, 0.25) is 35.4 Å². The van der Waals surface area contributed by atoms with Gasteiger partial charge in [0, 0.05) is 90.4 Å². The lowest BCUT2D eigenvalue weighted by molar-refractivity contribution is -0.149. The molecule has 4 heterocycles. The van der Waals surface area contributed by atoms with E-state index < -0.39 is 118 Å². The summed E-state index contributed by atoms with van der Waals surface area (Å²) in [6, 6.07) is 18.6. The van der Waals surface area contributed by atoms with Crippen molar-refractivity contribution in [2.45, 2.75) is 141 Å². The van der Waals surface area contributed by atoms with Crippen LogP contribution in [-0.4, -0.2) is 187 Å². The molecule has 0 radical (unpaired) electrons. The molecule has 4 aliphatic heterocycles. The zero-order valence-electron chi connectivity index (χ0n) is 51.9. The second kappa shape index (κ2) is 30.4. The third kappa shape index (κ3) is 18.8. The van der Waals surface area contributed by atoms with Crippen LogP contribution in [0.25, 0.3) is 0 Å². The molecule has 4 aromatic rings. The van der Waals surface area contributed by atoms with E-state index in [2.05, 4.69) is 17.2 Å². The van der Waals surface area contributed by atoms with Crippen LogP contribution >= 0.6 is 0 Å². The predicted molar refractivity (Wildman–Crippen MR) is 323 cm³/mol. The van der Waals surface area contributed by atoms with Crippen LogP contribution in [0.3, 0.4) is 0 Å². The molecular weight excluding hydrogens is 1170 g/mol. The van der Waals surface area contributed by atoms with Crippen molar-refractivity contribution in [3.05, 3.63) is 155 Å². The average Bonchev–Trinajstić information content (AvgIpc) is 1.02. The standard InChI is InChI=1S/C33H42F2N4O6.C33H40F2N4O6/c2*1-5-11-37-20-23(17-27(37)40)30(42)36-26(16-22-14-24(34)18-25(35)15-22)29(41)28-31(43)38(19-21-9-7-6-8-10-21)12-13-39(28)32(44)45-33(2,3)4/h6-10,14-15,18,23,26,28-29,41H,5,11-13,16-17,19-20H2,1-4H3,(H,36,42);5-10,14-15,18,23,26,28-29,41H,1,11-13,16-17,19-20H2,2-4H3,(H,36,42)/t2*23?,26?,28-,29-/m00/s1. The summed E-state index contributed by atoms with van der Waals surface area (Å²) in [6.45, 7) is 17.5. The minimum atomic E-state index is -1.72. The summed E-state index contributed by atoms with van der Waals surface area (Å²) < 4.78 is 67.9. The Morgan fingerprint density at radius 2 is 0.933 bits per heavy atom. The first-order valence-electron chi connectivity index (χ1n) is 30.2. The molecule has 0 aliphatic carbocycles. The number of carbonyl (C=O) groups is 8. The number of benzene rings is 4. The number of aliphatic hydroxyl groups is 2. The molecule has 4 aliphatic rings. The van der Waals surface area contributed by atoms with Gasteiger partial charge in [-0.15, -0.1) is 6.58 Å². The zero-order chi connectivity index (χ0) is 65.8. The summed E-state index contributed by atoms with van der Waals surface area (Å²) in [5, 5.41) is 29.3. The van der Waals surface area contributed by atoms with E-state index in [9.17, 15) is 66.1 Å². The Morgan fingerprint density at radius 1 is 0.567 bits per heavy atom.